The molecule has 0 aliphatic heterocycles. The molecular weight excluding hydrogens is 340 g/mol. The Hall–Kier alpha value is -1.96. The molecule has 28 heavy (non-hydrogen) atoms. The van der Waals surface area contributed by atoms with Crippen LogP contribution in [0.15, 0.2) is 60.3 Å². The quantitative estimate of drug-likeness (QED) is 0.264. The molecule has 2 rings (SSSR count). The Bertz CT molecular complexity index is 584. The molecule has 1 aromatic rings. The Kier molecular flexibility index (Phi) is 16.0. The van der Waals surface area contributed by atoms with Crippen molar-refractivity contribution in [3.63, 3.8) is 0 Å². The second-order valence-electron chi connectivity index (χ2n) is 6.49. The molecule has 2 heteroatoms. The van der Waals surface area contributed by atoms with E-state index in [1.165, 1.54) is 25.0 Å². The van der Waals surface area contributed by atoms with Gasteiger partial charge in [-0.1, -0.05) is 90.8 Å². The minimum Gasteiger partial charge on any atom is -0.397 e. The fourth-order valence-corrected chi connectivity index (χ4v) is 3.26. The van der Waals surface area contributed by atoms with Gasteiger partial charge in [0, 0.05) is 18.2 Å². The molecule has 0 fully saturated rings. The van der Waals surface area contributed by atoms with Gasteiger partial charge in [-0.2, -0.15) is 0 Å². The van der Waals surface area contributed by atoms with Gasteiger partial charge in [0.25, 0.3) is 0 Å². The van der Waals surface area contributed by atoms with Crippen molar-refractivity contribution >= 4 is 11.4 Å². The van der Waals surface area contributed by atoms with Gasteiger partial charge in [0.2, 0.25) is 0 Å². The SMILES string of the molecule is CC.CC.CCC=CCC1CC=CC=C1N(CCCCC)c1ccccc1N. The molecule has 2 nitrogen and oxygen atoms in total. The highest BCUT2D eigenvalue weighted by molar-refractivity contribution is 5.70. The van der Waals surface area contributed by atoms with E-state index in [9.17, 15) is 0 Å². The summed E-state index contributed by atoms with van der Waals surface area (Å²) in [6, 6.07) is 8.26. The smallest absolute Gasteiger partial charge is 0.0641 e. The summed E-state index contributed by atoms with van der Waals surface area (Å²) in [6.45, 7) is 13.5. The first-order chi connectivity index (χ1) is 13.8. The van der Waals surface area contributed by atoms with Crippen molar-refractivity contribution in [2.75, 3.05) is 17.2 Å². The van der Waals surface area contributed by atoms with E-state index in [1.54, 1.807) is 0 Å². The van der Waals surface area contributed by atoms with E-state index >= 15 is 0 Å². The van der Waals surface area contributed by atoms with Crippen LogP contribution in [0.2, 0.25) is 0 Å². The number of nitrogens with two attached hydrogens (primary N) is 1. The van der Waals surface area contributed by atoms with Gasteiger partial charge in [0.1, 0.15) is 0 Å². The van der Waals surface area contributed by atoms with Gasteiger partial charge in [-0.3, -0.25) is 0 Å². The molecule has 2 N–H and O–H groups in total. The zero-order valence-corrected chi connectivity index (χ0v) is 19.2. The van der Waals surface area contributed by atoms with Crippen LogP contribution in [0, 0.1) is 5.92 Å². The van der Waals surface area contributed by atoms with Gasteiger partial charge in [-0.25, -0.2) is 0 Å². The molecule has 0 spiro atoms. The maximum atomic E-state index is 6.30. The van der Waals surface area contributed by atoms with E-state index in [0.29, 0.717) is 5.92 Å². The number of anilines is 2. The van der Waals surface area contributed by atoms with Crippen molar-refractivity contribution in [1.29, 1.82) is 0 Å². The van der Waals surface area contributed by atoms with Gasteiger partial charge >= 0.3 is 0 Å². The van der Waals surface area contributed by atoms with Crippen LogP contribution in [0.5, 0.6) is 0 Å². The topological polar surface area (TPSA) is 29.3 Å². The van der Waals surface area contributed by atoms with Crippen molar-refractivity contribution in [2.45, 2.75) is 80.1 Å². The van der Waals surface area contributed by atoms with Crippen molar-refractivity contribution in [3.05, 3.63) is 60.3 Å². The molecule has 1 aromatic carbocycles. The maximum absolute atomic E-state index is 6.30. The predicted octanol–water partition coefficient (Wildman–Crippen LogP) is 8.13. The molecular formula is C26H44N2. The predicted molar refractivity (Wildman–Crippen MR) is 130 cm³/mol. The normalized spacial score (nSPS) is 15.2. The van der Waals surface area contributed by atoms with Gasteiger partial charge in [-0.15, -0.1) is 0 Å². The van der Waals surface area contributed by atoms with E-state index in [1.807, 2.05) is 39.8 Å². The summed E-state index contributed by atoms with van der Waals surface area (Å²) in [7, 11) is 0. The molecule has 1 aliphatic rings. The van der Waals surface area contributed by atoms with Crippen molar-refractivity contribution < 1.29 is 0 Å². The number of nitrogen functional groups attached to an aromatic ring is 1. The van der Waals surface area contributed by atoms with Crippen LogP contribution in [0.1, 0.15) is 80.1 Å². The highest BCUT2D eigenvalue weighted by Crippen LogP contribution is 2.34. The molecule has 158 valence electrons. The number of allylic oxidation sites excluding steroid dienone is 6. The van der Waals surface area contributed by atoms with Crippen LogP contribution in [-0.4, -0.2) is 6.54 Å². The van der Waals surface area contributed by atoms with Gasteiger partial charge in [0.15, 0.2) is 0 Å². The third kappa shape index (κ3) is 8.82. The highest BCUT2D eigenvalue weighted by atomic mass is 15.2. The van der Waals surface area contributed by atoms with Crippen molar-refractivity contribution in [2.24, 2.45) is 5.92 Å². The van der Waals surface area contributed by atoms with Crippen LogP contribution in [0.4, 0.5) is 11.4 Å². The number of para-hydroxylation sites is 2. The molecule has 1 aliphatic carbocycles. The second kappa shape index (κ2) is 17.2. The summed E-state index contributed by atoms with van der Waals surface area (Å²) in [4.78, 5) is 2.46. The van der Waals surface area contributed by atoms with Crippen LogP contribution < -0.4 is 10.6 Å². The molecule has 0 heterocycles. The lowest BCUT2D eigenvalue weighted by Crippen LogP contribution is -2.29. The summed E-state index contributed by atoms with van der Waals surface area (Å²) in [5.41, 5.74) is 9.73. The number of benzene rings is 1. The number of rotatable bonds is 9. The molecule has 0 radical (unpaired) electrons. The molecule has 1 atom stereocenters. The number of unbranched alkanes of at least 4 members (excludes halogenated alkanes) is 2. The third-order valence-corrected chi connectivity index (χ3v) is 4.59. The minimum absolute atomic E-state index is 0.541. The number of hydrogen-bond donors (Lipinski definition) is 1. The first-order valence-electron chi connectivity index (χ1n) is 11.4. The standard InChI is InChI=1S/C22H32N2.2C2H6/c1-3-5-7-13-19-14-8-10-16-21(19)24(18-12-6-4-2)22-17-11-9-15-20(22)23;2*1-2/h5,7-11,15-17,19H,3-4,6,12-14,18,23H2,1-2H3;2*1-2H3. The number of nitrogens with zero attached hydrogens (tertiary/aromatic N) is 1. The van der Waals surface area contributed by atoms with E-state index in [4.69, 9.17) is 5.73 Å². The largest absolute Gasteiger partial charge is 0.397 e. The lowest BCUT2D eigenvalue weighted by molar-refractivity contribution is 0.583. The Morgan fingerprint density at radius 3 is 2.39 bits per heavy atom. The van der Waals surface area contributed by atoms with Crippen molar-refractivity contribution in [1.82, 2.24) is 0 Å². The van der Waals surface area contributed by atoms with Gasteiger partial charge in [0.05, 0.1) is 11.4 Å². The molecule has 0 bridgehead atoms. The summed E-state index contributed by atoms with van der Waals surface area (Å²) in [5, 5.41) is 0. The number of hydrogen-bond acceptors (Lipinski definition) is 2. The van der Waals surface area contributed by atoms with E-state index in [2.05, 4.69) is 61.3 Å². The van der Waals surface area contributed by atoms with E-state index < -0.39 is 0 Å². The average Bonchev–Trinajstić information content (AvgIpc) is 2.76. The molecule has 0 saturated carbocycles. The Morgan fingerprint density at radius 1 is 1.04 bits per heavy atom. The Labute approximate surface area is 175 Å². The molecule has 0 amide bonds. The average molecular weight is 385 g/mol. The van der Waals surface area contributed by atoms with E-state index in [-0.39, 0.29) is 0 Å². The van der Waals surface area contributed by atoms with Crippen molar-refractivity contribution in [3.8, 4) is 0 Å². The minimum atomic E-state index is 0.541. The van der Waals surface area contributed by atoms with Crippen LogP contribution in [-0.2, 0) is 0 Å². The fraction of sp³-hybridized carbons (Fsp3) is 0.538. The third-order valence-electron chi connectivity index (χ3n) is 4.59. The zero-order chi connectivity index (χ0) is 21.2. The monoisotopic (exact) mass is 384 g/mol. The van der Waals surface area contributed by atoms with Crippen LogP contribution >= 0.6 is 0 Å². The lowest BCUT2D eigenvalue weighted by atomic mass is 9.91. The molecule has 1 unspecified atom stereocenters. The maximum Gasteiger partial charge on any atom is 0.0641 e. The first kappa shape index (κ1) is 26.0. The van der Waals surface area contributed by atoms with Crippen LogP contribution in [0.25, 0.3) is 0 Å². The fourth-order valence-electron chi connectivity index (χ4n) is 3.26. The molecule has 0 aromatic heterocycles. The summed E-state index contributed by atoms with van der Waals surface area (Å²) < 4.78 is 0. The van der Waals surface area contributed by atoms with Crippen LogP contribution in [0.3, 0.4) is 0 Å². The summed E-state index contributed by atoms with van der Waals surface area (Å²) in [6.07, 6.45) is 18.4. The lowest BCUT2D eigenvalue weighted by Gasteiger charge is -2.34. The van der Waals surface area contributed by atoms with E-state index in [0.717, 1.165) is 37.2 Å². The Morgan fingerprint density at radius 2 is 1.75 bits per heavy atom. The first-order valence-corrected chi connectivity index (χ1v) is 11.4. The van der Waals surface area contributed by atoms with Gasteiger partial charge in [-0.05, 0) is 43.9 Å². The zero-order valence-electron chi connectivity index (χ0n) is 19.2. The summed E-state index contributed by atoms with van der Waals surface area (Å²) >= 11 is 0. The summed E-state index contributed by atoms with van der Waals surface area (Å²) in [5.74, 6) is 0.541. The second-order valence-corrected chi connectivity index (χ2v) is 6.49. The molecule has 0 saturated heterocycles. The van der Waals surface area contributed by atoms with Gasteiger partial charge < -0.3 is 10.6 Å². The Balaban J connectivity index is 0.00000171. The highest BCUT2D eigenvalue weighted by Gasteiger charge is 2.22.